The second kappa shape index (κ2) is 9.36. The lowest BCUT2D eigenvalue weighted by Gasteiger charge is -2.36. The van der Waals surface area contributed by atoms with Crippen molar-refractivity contribution in [2.75, 3.05) is 0 Å². The van der Waals surface area contributed by atoms with Crippen LogP contribution < -0.4 is 0 Å². The van der Waals surface area contributed by atoms with E-state index in [0.29, 0.717) is 12.3 Å². The number of carbonyl (C=O) groups excluding carboxylic acids is 1. The number of fused-ring (bicyclic) bond motifs is 1. The average molecular weight is 370 g/mol. The van der Waals surface area contributed by atoms with Crippen molar-refractivity contribution < 1.29 is 4.79 Å². The van der Waals surface area contributed by atoms with Crippen LogP contribution in [0.1, 0.15) is 79.5 Å². The third-order valence-electron chi connectivity index (χ3n) is 5.56. The molecular formula is C23H31NOS. The zero-order valence-corrected chi connectivity index (χ0v) is 17.0. The summed E-state index contributed by atoms with van der Waals surface area (Å²) in [6, 6.07) is 11.1. The van der Waals surface area contributed by atoms with Crippen LogP contribution in [0.3, 0.4) is 0 Å². The highest BCUT2D eigenvalue weighted by atomic mass is 32.1. The molecule has 0 aliphatic heterocycles. The number of unbranched alkanes of at least 4 members (excludes halogenated alkanes) is 3. The Morgan fingerprint density at radius 3 is 2.81 bits per heavy atom. The Morgan fingerprint density at radius 2 is 2.04 bits per heavy atom. The van der Waals surface area contributed by atoms with Gasteiger partial charge in [-0.05, 0) is 60.7 Å². The molecule has 0 saturated heterocycles. The summed E-state index contributed by atoms with van der Waals surface area (Å²) in [5.74, 6) is 0.329. The van der Waals surface area contributed by atoms with E-state index in [9.17, 15) is 4.79 Å². The predicted molar refractivity (Wildman–Crippen MR) is 110 cm³/mol. The van der Waals surface area contributed by atoms with E-state index in [1.807, 2.05) is 0 Å². The molecule has 3 rings (SSSR count). The van der Waals surface area contributed by atoms with E-state index < -0.39 is 0 Å². The molecule has 0 saturated carbocycles. The van der Waals surface area contributed by atoms with Crippen molar-refractivity contribution in [3.8, 4) is 0 Å². The fraction of sp³-hybridized carbons (Fsp3) is 0.522. The van der Waals surface area contributed by atoms with Crippen molar-refractivity contribution in [1.82, 2.24) is 4.90 Å². The van der Waals surface area contributed by atoms with Crippen molar-refractivity contribution in [2.24, 2.45) is 0 Å². The number of carbonyl (C=O) groups is 1. The Bertz CT molecular complexity index is 721. The molecule has 2 nitrogen and oxygen atoms in total. The molecule has 0 N–H and O–H groups in total. The number of rotatable bonds is 8. The highest BCUT2D eigenvalue weighted by Gasteiger charge is 2.29. The molecule has 1 aromatic heterocycles. The number of amides is 1. The van der Waals surface area contributed by atoms with Crippen LogP contribution in [-0.4, -0.2) is 10.8 Å². The smallest absolute Gasteiger partial charge is 0.223 e. The van der Waals surface area contributed by atoms with Gasteiger partial charge in [-0.15, -0.1) is 11.3 Å². The topological polar surface area (TPSA) is 20.3 Å². The van der Waals surface area contributed by atoms with E-state index in [1.165, 1.54) is 40.8 Å². The van der Waals surface area contributed by atoms with Gasteiger partial charge in [0.2, 0.25) is 5.91 Å². The Kier molecular flexibility index (Phi) is 6.90. The zero-order chi connectivity index (χ0) is 18.4. The summed E-state index contributed by atoms with van der Waals surface area (Å²) >= 11 is 1.78. The summed E-state index contributed by atoms with van der Waals surface area (Å²) < 4.78 is 0. The molecule has 140 valence electrons. The van der Waals surface area contributed by atoms with Crippen LogP contribution in [0.5, 0.6) is 0 Å². The van der Waals surface area contributed by atoms with Gasteiger partial charge in [-0.1, -0.05) is 50.5 Å². The molecule has 1 aliphatic rings. The predicted octanol–water partition coefficient (Wildman–Crippen LogP) is 6.43. The van der Waals surface area contributed by atoms with E-state index >= 15 is 0 Å². The minimum Gasteiger partial charge on any atom is -0.330 e. The Labute approximate surface area is 162 Å². The number of hydrogen-bond acceptors (Lipinski definition) is 2. The second-order valence-electron chi connectivity index (χ2n) is 7.47. The summed E-state index contributed by atoms with van der Waals surface area (Å²) in [6.07, 6.45) is 8.70. The van der Waals surface area contributed by atoms with Crippen LogP contribution >= 0.6 is 11.3 Å². The first kappa shape index (κ1) is 19.2. The lowest BCUT2D eigenvalue weighted by atomic mass is 9.86. The second-order valence-corrected chi connectivity index (χ2v) is 8.47. The molecular weight excluding hydrogens is 338 g/mol. The quantitative estimate of drug-likeness (QED) is 0.491. The van der Waals surface area contributed by atoms with Crippen LogP contribution in [0.4, 0.5) is 0 Å². The number of aryl methyl sites for hydroxylation is 2. The van der Waals surface area contributed by atoms with Crippen molar-refractivity contribution in [1.29, 1.82) is 0 Å². The summed E-state index contributed by atoms with van der Waals surface area (Å²) in [5, 5.41) is 2.14. The molecule has 1 aromatic carbocycles. The van der Waals surface area contributed by atoms with Crippen LogP contribution in [0.25, 0.3) is 0 Å². The molecule has 0 bridgehead atoms. The van der Waals surface area contributed by atoms with Crippen molar-refractivity contribution in [3.05, 3.63) is 57.3 Å². The van der Waals surface area contributed by atoms with E-state index in [2.05, 4.69) is 54.5 Å². The molecule has 0 fully saturated rings. The van der Waals surface area contributed by atoms with E-state index in [-0.39, 0.29) is 6.04 Å². The Hall–Kier alpha value is -1.61. The van der Waals surface area contributed by atoms with Crippen LogP contribution in [0, 0.1) is 6.92 Å². The highest BCUT2D eigenvalue weighted by molar-refractivity contribution is 7.10. The third kappa shape index (κ3) is 4.56. The summed E-state index contributed by atoms with van der Waals surface area (Å²) in [6.45, 7) is 5.13. The van der Waals surface area contributed by atoms with E-state index in [1.54, 1.807) is 11.3 Å². The van der Waals surface area contributed by atoms with Gasteiger partial charge in [0.25, 0.3) is 0 Å². The molecule has 1 atom stereocenters. The molecule has 1 unspecified atom stereocenters. The van der Waals surface area contributed by atoms with Crippen molar-refractivity contribution >= 4 is 17.2 Å². The van der Waals surface area contributed by atoms with Gasteiger partial charge in [-0.25, -0.2) is 0 Å². The van der Waals surface area contributed by atoms with Gasteiger partial charge in [-0.3, -0.25) is 4.79 Å². The summed E-state index contributed by atoms with van der Waals surface area (Å²) in [7, 11) is 0. The number of benzene rings is 1. The molecule has 0 radical (unpaired) electrons. The fourth-order valence-corrected chi connectivity index (χ4v) is 4.90. The standard InChI is InChI=1S/C23H31NOS/c1-3-4-5-6-14-23(25)24(17-22-18(2)15-16-26-22)21-13-9-11-19-10-7-8-12-20(19)21/h7-8,10,12,15-16,21H,3-6,9,11,13-14,17H2,1-2H3. The number of hydrogen-bond donors (Lipinski definition) is 0. The Balaban J connectivity index is 1.81. The third-order valence-corrected chi connectivity index (χ3v) is 6.57. The SMILES string of the molecule is CCCCCCC(=O)N(Cc1sccc1C)C1CCCc2ccccc21. The van der Waals surface area contributed by atoms with Crippen molar-refractivity contribution in [3.63, 3.8) is 0 Å². The molecule has 26 heavy (non-hydrogen) atoms. The van der Waals surface area contributed by atoms with Crippen LogP contribution in [-0.2, 0) is 17.8 Å². The zero-order valence-electron chi connectivity index (χ0n) is 16.2. The maximum absolute atomic E-state index is 13.2. The van der Waals surface area contributed by atoms with E-state index in [0.717, 1.165) is 32.2 Å². The molecule has 1 aliphatic carbocycles. The summed E-state index contributed by atoms with van der Waals surface area (Å²) in [4.78, 5) is 16.7. The molecule has 3 heteroatoms. The van der Waals surface area contributed by atoms with Gasteiger partial charge in [0.05, 0.1) is 12.6 Å². The first-order chi connectivity index (χ1) is 12.7. The van der Waals surface area contributed by atoms with Gasteiger partial charge in [0.15, 0.2) is 0 Å². The first-order valence-electron chi connectivity index (χ1n) is 10.1. The van der Waals surface area contributed by atoms with Crippen molar-refractivity contribution in [2.45, 2.75) is 77.8 Å². The normalized spacial score (nSPS) is 16.3. The van der Waals surface area contributed by atoms with Gasteiger partial charge in [0, 0.05) is 11.3 Å². The minimum atomic E-state index is 0.236. The molecule has 1 amide bonds. The lowest BCUT2D eigenvalue weighted by molar-refractivity contribution is -0.134. The average Bonchev–Trinajstić information content (AvgIpc) is 3.07. The Morgan fingerprint density at radius 1 is 1.19 bits per heavy atom. The van der Waals surface area contributed by atoms with Crippen LogP contribution in [0.15, 0.2) is 35.7 Å². The van der Waals surface area contributed by atoms with Gasteiger partial charge >= 0.3 is 0 Å². The first-order valence-corrected chi connectivity index (χ1v) is 11.0. The highest BCUT2D eigenvalue weighted by Crippen LogP contribution is 2.36. The lowest BCUT2D eigenvalue weighted by Crippen LogP contribution is -2.36. The monoisotopic (exact) mass is 369 g/mol. The molecule has 0 spiro atoms. The van der Waals surface area contributed by atoms with Crippen LogP contribution in [0.2, 0.25) is 0 Å². The van der Waals surface area contributed by atoms with Gasteiger partial charge < -0.3 is 4.90 Å². The number of nitrogens with zero attached hydrogens (tertiary/aromatic N) is 1. The van der Waals surface area contributed by atoms with E-state index in [4.69, 9.17) is 0 Å². The maximum Gasteiger partial charge on any atom is 0.223 e. The van der Waals surface area contributed by atoms with Gasteiger partial charge in [0.1, 0.15) is 0 Å². The molecule has 2 aromatic rings. The maximum atomic E-state index is 13.2. The largest absolute Gasteiger partial charge is 0.330 e. The van der Waals surface area contributed by atoms with Gasteiger partial charge in [-0.2, -0.15) is 0 Å². The fourth-order valence-electron chi connectivity index (χ4n) is 3.99. The minimum absolute atomic E-state index is 0.236. The number of thiophene rings is 1. The molecule has 1 heterocycles. The summed E-state index contributed by atoms with van der Waals surface area (Å²) in [5.41, 5.74) is 4.10.